The minimum absolute atomic E-state index is 0.0430. The molecule has 3 fully saturated rings. The van der Waals surface area contributed by atoms with Crippen molar-refractivity contribution < 1.29 is 24.5 Å². The molecule has 1 amide bonds. The summed E-state index contributed by atoms with van der Waals surface area (Å²) in [4.78, 5) is 29.3. The number of aromatic hydroxyl groups is 1. The summed E-state index contributed by atoms with van der Waals surface area (Å²) in [5.41, 5.74) is 2.22. The molecule has 0 aromatic heterocycles. The number of amides is 1. The largest absolute Gasteiger partial charge is 0.508 e. The fraction of sp³-hybridized carbons (Fsp3) is 0.545. The summed E-state index contributed by atoms with van der Waals surface area (Å²) in [5.74, 6) is 0.943. The molecule has 3 aliphatic rings. The fourth-order valence-electron chi connectivity index (χ4n) is 6.42. The van der Waals surface area contributed by atoms with Gasteiger partial charge in [0.1, 0.15) is 11.5 Å². The molecule has 2 saturated carbocycles. The van der Waals surface area contributed by atoms with E-state index in [4.69, 9.17) is 4.74 Å². The number of ether oxygens (including phenoxy) is 1. The van der Waals surface area contributed by atoms with Crippen LogP contribution < -0.4 is 9.64 Å². The summed E-state index contributed by atoms with van der Waals surface area (Å²) < 4.78 is 6.20. The zero-order chi connectivity index (χ0) is 29.0. The van der Waals surface area contributed by atoms with Crippen LogP contribution in [0.25, 0.3) is 0 Å². The monoisotopic (exact) mass is 559 g/mol. The number of nitriles is 1. The van der Waals surface area contributed by atoms with Crippen LogP contribution in [0, 0.1) is 23.2 Å². The number of aliphatic carboxylic acids is 1. The van der Waals surface area contributed by atoms with E-state index in [9.17, 15) is 25.1 Å². The minimum atomic E-state index is -0.760. The van der Waals surface area contributed by atoms with Gasteiger partial charge >= 0.3 is 5.97 Å². The Labute approximate surface area is 242 Å². The minimum Gasteiger partial charge on any atom is -0.508 e. The number of anilines is 1. The summed E-state index contributed by atoms with van der Waals surface area (Å²) in [7, 11) is 0. The topological polar surface area (TPSA) is 114 Å². The lowest BCUT2D eigenvalue weighted by atomic mass is 9.91. The first-order chi connectivity index (χ1) is 19.8. The third-order valence-corrected chi connectivity index (χ3v) is 9.27. The molecule has 1 unspecified atom stereocenters. The van der Waals surface area contributed by atoms with Crippen LogP contribution in [0.4, 0.5) is 5.69 Å². The highest BCUT2D eigenvalue weighted by atomic mass is 16.5. The van der Waals surface area contributed by atoms with E-state index in [0.29, 0.717) is 37.0 Å². The highest BCUT2D eigenvalue weighted by Crippen LogP contribution is 2.46. The van der Waals surface area contributed by atoms with Crippen molar-refractivity contribution in [2.75, 3.05) is 31.1 Å². The van der Waals surface area contributed by atoms with Crippen molar-refractivity contribution in [1.82, 2.24) is 4.90 Å². The number of benzene rings is 2. The molecule has 218 valence electrons. The van der Waals surface area contributed by atoms with Crippen LogP contribution in [0.2, 0.25) is 0 Å². The number of carbonyl (C=O) groups is 2. The van der Waals surface area contributed by atoms with Crippen molar-refractivity contribution in [3.05, 3.63) is 53.6 Å². The van der Waals surface area contributed by atoms with Gasteiger partial charge in [0.05, 0.1) is 36.8 Å². The summed E-state index contributed by atoms with van der Waals surface area (Å²) in [6.45, 7) is 4.59. The van der Waals surface area contributed by atoms with Crippen molar-refractivity contribution in [2.24, 2.45) is 11.8 Å². The molecular weight excluding hydrogens is 518 g/mol. The van der Waals surface area contributed by atoms with Gasteiger partial charge in [0.15, 0.2) is 0 Å². The predicted octanol–water partition coefficient (Wildman–Crippen LogP) is 5.95. The summed E-state index contributed by atoms with van der Waals surface area (Å²) in [5, 5.41) is 28.9. The Balaban J connectivity index is 1.22. The van der Waals surface area contributed by atoms with Crippen LogP contribution in [0.3, 0.4) is 0 Å². The number of carboxylic acids is 1. The molecule has 5 rings (SSSR count). The van der Waals surface area contributed by atoms with Gasteiger partial charge in [-0.15, -0.1) is 0 Å². The van der Waals surface area contributed by atoms with Crippen LogP contribution in [-0.2, 0) is 4.79 Å². The average molecular weight is 560 g/mol. The average Bonchev–Trinajstić information content (AvgIpc) is 3.91. The summed E-state index contributed by atoms with van der Waals surface area (Å²) in [6, 6.07) is 15.1. The number of nitrogens with zero attached hydrogens (tertiary/aromatic N) is 3. The molecule has 0 radical (unpaired) electrons. The molecule has 1 atom stereocenters. The predicted molar refractivity (Wildman–Crippen MR) is 156 cm³/mol. The smallest absolute Gasteiger partial charge is 0.303 e. The first kappa shape index (κ1) is 28.8. The second-order valence-corrected chi connectivity index (χ2v) is 12.0. The number of rotatable bonds is 13. The van der Waals surface area contributed by atoms with Gasteiger partial charge in [0, 0.05) is 31.2 Å². The standard InChI is InChI=1S/C33H41N3O5/c1-2-33(13-14-33)36(16-4-15-34)32(40)28-10-9-26(37)20-30(28)35-17-11-23(12-18-35)22-41-27-6-3-5-25(19-27)29(21-31(38)39)24-7-8-24/h3,5-6,9-10,19-20,23-24,29,37H,2,4,7-8,11-14,16-18,21-22H2,1H3,(H,38,39). The third-order valence-electron chi connectivity index (χ3n) is 9.27. The lowest BCUT2D eigenvalue weighted by molar-refractivity contribution is -0.137. The van der Waals surface area contributed by atoms with E-state index in [2.05, 4.69) is 17.9 Å². The highest BCUT2D eigenvalue weighted by molar-refractivity contribution is 6.00. The van der Waals surface area contributed by atoms with Crippen LogP contribution in [0.15, 0.2) is 42.5 Å². The van der Waals surface area contributed by atoms with Crippen LogP contribution in [0.5, 0.6) is 11.5 Å². The quantitative estimate of drug-likeness (QED) is 0.311. The Morgan fingerprint density at radius 1 is 1.15 bits per heavy atom. The molecule has 0 bridgehead atoms. The van der Waals surface area contributed by atoms with Crippen molar-refractivity contribution in [1.29, 1.82) is 5.26 Å². The number of carbonyl (C=O) groups excluding carboxylic acids is 1. The van der Waals surface area contributed by atoms with Crippen LogP contribution in [-0.4, -0.2) is 58.8 Å². The Hall–Kier alpha value is -3.73. The van der Waals surface area contributed by atoms with E-state index < -0.39 is 5.97 Å². The molecule has 41 heavy (non-hydrogen) atoms. The lowest BCUT2D eigenvalue weighted by Gasteiger charge is -2.36. The number of hydrogen-bond donors (Lipinski definition) is 2. The maximum absolute atomic E-state index is 13.8. The lowest BCUT2D eigenvalue weighted by Crippen LogP contribution is -2.43. The van der Waals surface area contributed by atoms with E-state index in [1.807, 2.05) is 29.2 Å². The van der Waals surface area contributed by atoms with E-state index in [0.717, 1.165) is 75.0 Å². The first-order valence-electron chi connectivity index (χ1n) is 15.0. The van der Waals surface area contributed by atoms with E-state index in [1.54, 1.807) is 18.2 Å². The molecular formula is C33H41N3O5. The molecule has 2 N–H and O–H groups in total. The third kappa shape index (κ3) is 6.78. The second kappa shape index (κ2) is 12.4. The zero-order valence-electron chi connectivity index (χ0n) is 23.9. The number of hydrogen-bond acceptors (Lipinski definition) is 6. The van der Waals surface area contributed by atoms with Crippen molar-refractivity contribution >= 4 is 17.6 Å². The first-order valence-corrected chi connectivity index (χ1v) is 15.0. The molecule has 1 aliphatic heterocycles. The number of carboxylic acid groups (broad SMARTS) is 1. The molecule has 2 aromatic carbocycles. The molecule has 2 aromatic rings. The Bertz CT molecular complexity index is 1290. The Kier molecular flexibility index (Phi) is 8.72. The van der Waals surface area contributed by atoms with Gasteiger partial charge in [0.2, 0.25) is 0 Å². The van der Waals surface area contributed by atoms with Crippen molar-refractivity contribution in [2.45, 2.75) is 76.2 Å². The molecule has 1 heterocycles. The maximum Gasteiger partial charge on any atom is 0.303 e. The Morgan fingerprint density at radius 3 is 2.54 bits per heavy atom. The Morgan fingerprint density at radius 2 is 1.90 bits per heavy atom. The SMILES string of the molecule is CCC1(N(CCC#N)C(=O)c2ccc(O)cc2N2CCC(COc3cccc(C(CC(=O)O)C4CC4)c3)CC2)CC1. The van der Waals surface area contributed by atoms with Gasteiger partial charge in [-0.25, -0.2) is 0 Å². The second-order valence-electron chi connectivity index (χ2n) is 12.0. The van der Waals surface area contributed by atoms with Gasteiger partial charge in [-0.3, -0.25) is 9.59 Å². The summed E-state index contributed by atoms with van der Waals surface area (Å²) in [6.07, 6.45) is 7.21. The maximum atomic E-state index is 13.8. The van der Waals surface area contributed by atoms with Gasteiger partial charge < -0.3 is 24.7 Å². The number of phenols is 1. The molecule has 8 heteroatoms. The van der Waals surface area contributed by atoms with Gasteiger partial charge in [-0.2, -0.15) is 5.26 Å². The number of piperidine rings is 1. The highest BCUT2D eigenvalue weighted by Gasteiger charge is 2.48. The number of phenolic OH excluding ortho intramolecular Hbond substituents is 1. The zero-order valence-corrected chi connectivity index (χ0v) is 23.9. The molecule has 2 aliphatic carbocycles. The van der Waals surface area contributed by atoms with Crippen molar-refractivity contribution in [3.63, 3.8) is 0 Å². The van der Waals surface area contributed by atoms with Crippen LogP contribution >= 0.6 is 0 Å². The molecule has 8 nitrogen and oxygen atoms in total. The van der Waals surface area contributed by atoms with Crippen molar-refractivity contribution in [3.8, 4) is 17.6 Å². The van der Waals surface area contributed by atoms with Crippen LogP contribution in [0.1, 0.15) is 86.6 Å². The van der Waals surface area contributed by atoms with E-state index in [-0.39, 0.29) is 29.5 Å². The van der Waals surface area contributed by atoms with E-state index in [1.165, 1.54) is 0 Å². The molecule has 1 saturated heterocycles. The fourth-order valence-corrected chi connectivity index (χ4v) is 6.42. The van der Waals surface area contributed by atoms with Gasteiger partial charge in [-0.1, -0.05) is 19.1 Å². The van der Waals surface area contributed by atoms with Gasteiger partial charge in [0.25, 0.3) is 5.91 Å². The summed E-state index contributed by atoms with van der Waals surface area (Å²) >= 11 is 0. The normalized spacial score (nSPS) is 18.8. The van der Waals surface area contributed by atoms with Gasteiger partial charge in [-0.05, 0) is 92.5 Å². The van der Waals surface area contributed by atoms with E-state index >= 15 is 0 Å². The molecule has 0 spiro atoms.